The van der Waals surface area contributed by atoms with Crippen molar-refractivity contribution in [3.05, 3.63) is 21.6 Å². The molecule has 0 saturated heterocycles. The molecule has 4 fully saturated rings. The maximum absolute atomic E-state index is 12.9. The topological polar surface area (TPSA) is 37.8 Å². The molecule has 1 aromatic heterocycles. The van der Waals surface area contributed by atoms with Crippen LogP contribution >= 0.6 is 0 Å². The molecule has 3 heteroatoms. The summed E-state index contributed by atoms with van der Waals surface area (Å²) in [7, 11) is 0. The van der Waals surface area contributed by atoms with E-state index in [0.29, 0.717) is 5.92 Å². The fraction of sp³-hybridized carbons (Fsp3) is 0.842. The molecule has 3 nitrogen and oxygen atoms in total. The van der Waals surface area contributed by atoms with E-state index >= 15 is 0 Å². The minimum Gasteiger partial charge on any atom is -0.289 e. The highest BCUT2D eigenvalue weighted by Crippen LogP contribution is 2.61. The van der Waals surface area contributed by atoms with Crippen LogP contribution in [0.5, 0.6) is 0 Å². The van der Waals surface area contributed by atoms with Gasteiger partial charge in [0.05, 0.1) is 0 Å². The van der Waals surface area contributed by atoms with Crippen LogP contribution in [-0.4, -0.2) is 9.78 Å². The van der Waals surface area contributed by atoms with Gasteiger partial charge in [0.25, 0.3) is 5.56 Å². The Hall–Kier alpha value is -0.990. The van der Waals surface area contributed by atoms with Gasteiger partial charge in [-0.1, -0.05) is 13.3 Å². The number of aromatic amines is 1. The lowest BCUT2D eigenvalue weighted by molar-refractivity contribution is -0.00621. The van der Waals surface area contributed by atoms with Gasteiger partial charge in [-0.05, 0) is 75.0 Å². The van der Waals surface area contributed by atoms with Crippen molar-refractivity contribution in [3.63, 3.8) is 0 Å². The average molecular weight is 300 g/mol. The quantitative estimate of drug-likeness (QED) is 0.838. The molecule has 1 aromatic rings. The summed E-state index contributed by atoms with van der Waals surface area (Å²) < 4.78 is 2.23. The predicted molar refractivity (Wildman–Crippen MR) is 87.2 cm³/mol. The minimum absolute atomic E-state index is 0.238. The molecule has 1 unspecified atom stereocenters. The molecule has 1 atom stereocenters. The summed E-state index contributed by atoms with van der Waals surface area (Å²) in [6.45, 7) is 3.36. The number of H-pyrrole nitrogens is 1. The summed E-state index contributed by atoms with van der Waals surface area (Å²) in [5.74, 6) is 3.26. The second-order valence-corrected chi connectivity index (χ2v) is 8.95. The standard InChI is InChI=1S/C19H28N2O/c1-12-4-2-3-5-21-17(12)16(18(22)20-21)19-9-13-6-14(10-19)8-15(7-13)11-19/h12-15H,2-11H2,1H3,(H,20,22). The molecule has 0 amide bonds. The van der Waals surface area contributed by atoms with Crippen LogP contribution in [0.3, 0.4) is 0 Å². The van der Waals surface area contributed by atoms with Crippen LogP contribution in [0, 0.1) is 17.8 Å². The maximum atomic E-state index is 12.9. The zero-order valence-corrected chi connectivity index (χ0v) is 13.7. The van der Waals surface area contributed by atoms with Gasteiger partial charge in [0.2, 0.25) is 0 Å². The summed E-state index contributed by atoms with van der Waals surface area (Å²) in [6, 6.07) is 0. The third-order valence-corrected chi connectivity index (χ3v) is 7.31. The van der Waals surface area contributed by atoms with Gasteiger partial charge in [-0.3, -0.25) is 14.6 Å². The van der Waals surface area contributed by atoms with Gasteiger partial charge in [-0.2, -0.15) is 0 Å². The Labute approximate surface area is 132 Å². The van der Waals surface area contributed by atoms with Gasteiger partial charge in [-0.25, -0.2) is 0 Å². The second-order valence-electron chi connectivity index (χ2n) is 8.95. The number of hydrogen-bond donors (Lipinski definition) is 1. The number of nitrogens with one attached hydrogen (secondary N) is 1. The molecule has 0 spiro atoms. The fourth-order valence-corrected chi connectivity index (χ4v) is 6.97. The van der Waals surface area contributed by atoms with Gasteiger partial charge in [0.1, 0.15) is 0 Å². The Morgan fingerprint density at radius 3 is 2.32 bits per heavy atom. The lowest BCUT2D eigenvalue weighted by Crippen LogP contribution is -2.50. The van der Waals surface area contributed by atoms with Gasteiger partial charge in [0, 0.05) is 23.2 Å². The number of aryl methyl sites for hydroxylation is 1. The summed E-state index contributed by atoms with van der Waals surface area (Å²) >= 11 is 0. The van der Waals surface area contributed by atoms with Gasteiger partial charge < -0.3 is 0 Å². The number of aromatic nitrogens is 2. The predicted octanol–water partition coefficient (Wildman–Crippen LogP) is 3.93. The fourth-order valence-electron chi connectivity index (χ4n) is 6.97. The molecule has 2 heterocycles. The summed E-state index contributed by atoms with van der Waals surface area (Å²) in [5.41, 5.74) is 3.12. The van der Waals surface area contributed by atoms with Crippen LogP contribution in [-0.2, 0) is 12.0 Å². The van der Waals surface area contributed by atoms with Crippen molar-refractivity contribution in [2.24, 2.45) is 17.8 Å². The Morgan fingerprint density at radius 2 is 1.68 bits per heavy atom. The monoisotopic (exact) mass is 300 g/mol. The van der Waals surface area contributed by atoms with Gasteiger partial charge in [0.15, 0.2) is 0 Å². The van der Waals surface area contributed by atoms with E-state index in [0.717, 1.165) is 24.3 Å². The largest absolute Gasteiger partial charge is 0.289 e. The van der Waals surface area contributed by atoms with Gasteiger partial charge in [-0.15, -0.1) is 0 Å². The number of nitrogens with zero attached hydrogens (tertiary/aromatic N) is 1. The Kier molecular flexibility index (Phi) is 2.76. The molecule has 4 bridgehead atoms. The highest BCUT2D eigenvalue weighted by atomic mass is 16.1. The van der Waals surface area contributed by atoms with Crippen molar-refractivity contribution >= 4 is 0 Å². The minimum atomic E-state index is 0.238. The van der Waals surface area contributed by atoms with E-state index in [2.05, 4.69) is 16.7 Å². The van der Waals surface area contributed by atoms with Crippen molar-refractivity contribution in [1.82, 2.24) is 9.78 Å². The van der Waals surface area contributed by atoms with Crippen LogP contribution in [0.1, 0.15) is 81.9 Å². The average Bonchev–Trinajstić information content (AvgIpc) is 2.70. The lowest BCUT2D eigenvalue weighted by atomic mass is 9.48. The van der Waals surface area contributed by atoms with Crippen LogP contribution in [0.2, 0.25) is 0 Å². The highest BCUT2D eigenvalue weighted by Gasteiger charge is 2.54. The van der Waals surface area contributed by atoms with E-state index in [4.69, 9.17) is 0 Å². The normalized spacial score (nSPS) is 43.1. The molecule has 120 valence electrons. The second kappa shape index (κ2) is 4.52. The number of fused-ring (bicyclic) bond motifs is 1. The van der Waals surface area contributed by atoms with Crippen molar-refractivity contribution in [3.8, 4) is 0 Å². The molecule has 0 radical (unpaired) electrons. The summed E-state index contributed by atoms with van der Waals surface area (Å²) in [6.07, 6.45) is 12.0. The Morgan fingerprint density at radius 1 is 1.05 bits per heavy atom. The Balaban J connectivity index is 1.67. The zero-order valence-electron chi connectivity index (χ0n) is 13.7. The van der Waals surface area contributed by atoms with Crippen LogP contribution < -0.4 is 5.56 Å². The molecule has 5 aliphatic rings. The number of hydrogen-bond acceptors (Lipinski definition) is 1. The van der Waals surface area contributed by atoms with E-state index in [1.54, 1.807) is 0 Å². The van der Waals surface area contributed by atoms with E-state index in [1.165, 1.54) is 69.0 Å². The van der Waals surface area contributed by atoms with E-state index < -0.39 is 0 Å². The van der Waals surface area contributed by atoms with Crippen molar-refractivity contribution in [2.45, 2.75) is 82.6 Å². The van der Waals surface area contributed by atoms with Crippen LogP contribution in [0.25, 0.3) is 0 Å². The van der Waals surface area contributed by atoms with Crippen molar-refractivity contribution in [2.75, 3.05) is 0 Å². The highest BCUT2D eigenvalue weighted by molar-refractivity contribution is 5.34. The molecule has 1 aliphatic heterocycles. The summed E-state index contributed by atoms with van der Waals surface area (Å²) in [4.78, 5) is 12.9. The van der Waals surface area contributed by atoms with E-state index in [-0.39, 0.29) is 11.0 Å². The number of rotatable bonds is 1. The third kappa shape index (κ3) is 1.77. The first kappa shape index (κ1) is 13.4. The third-order valence-electron chi connectivity index (χ3n) is 7.31. The van der Waals surface area contributed by atoms with E-state index in [9.17, 15) is 4.79 Å². The molecule has 4 aliphatic carbocycles. The smallest absolute Gasteiger partial charge is 0.268 e. The molecule has 0 aromatic carbocycles. The summed E-state index contributed by atoms with van der Waals surface area (Å²) in [5, 5.41) is 3.22. The first-order chi connectivity index (χ1) is 10.6. The van der Waals surface area contributed by atoms with Crippen LogP contribution in [0.4, 0.5) is 0 Å². The molecule has 6 rings (SSSR count). The van der Waals surface area contributed by atoms with Gasteiger partial charge >= 0.3 is 0 Å². The first-order valence-electron chi connectivity index (χ1n) is 9.48. The van der Waals surface area contributed by atoms with E-state index in [1.807, 2.05) is 0 Å². The maximum Gasteiger partial charge on any atom is 0.268 e. The lowest BCUT2D eigenvalue weighted by Gasteiger charge is -2.56. The molecule has 22 heavy (non-hydrogen) atoms. The van der Waals surface area contributed by atoms with Crippen LogP contribution in [0.15, 0.2) is 4.79 Å². The molecule has 1 N–H and O–H groups in total. The SMILES string of the molecule is CC1CCCCn2[nH]c(=O)c(C34CC5CC(CC(C5)C3)C4)c21. The molecular weight excluding hydrogens is 272 g/mol. The molecular formula is C19H28N2O. The zero-order chi connectivity index (χ0) is 14.9. The Bertz CT molecular complexity index is 618. The molecule has 4 saturated carbocycles. The van der Waals surface area contributed by atoms with Crippen molar-refractivity contribution in [1.29, 1.82) is 0 Å². The van der Waals surface area contributed by atoms with Crippen molar-refractivity contribution < 1.29 is 0 Å². The first-order valence-corrected chi connectivity index (χ1v) is 9.48.